The van der Waals surface area contributed by atoms with Crippen molar-refractivity contribution in [3.8, 4) is 5.82 Å². The van der Waals surface area contributed by atoms with Gasteiger partial charge in [0.1, 0.15) is 18.2 Å². The summed E-state index contributed by atoms with van der Waals surface area (Å²) < 4.78 is 8.39. The minimum Gasteiger partial charge on any atom is -0.457 e. The van der Waals surface area contributed by atoms with Crippen molar-refractivity contribution < 1.29 is 9.53 Å². The molecule has 0 aliphatic carbocycles. The van der Waals surface area contributed by atoms with Crippen LogP contribution >= 0.6 is 0 Å². The molecule has 3 aromatic rings. The molecule has 2 aliphatic rings. The highest BCUT2D eigenvalue weighted by Gasteiger charge is 2.30. The number of cyclic esters (lactones) is 1. The zero-order chi connectivity index (χ0) is 23.3. The molecule has 0 radical (unpaired) electrons. The summed E-state index contributed by atoms with van der Waals surface area (Å²) in [4.78, 5) is 35.5. The van der Waals surface area contributed by atoms with E-state index < -0.39 is 0 Å². The van der Waals surface area contributed by atoms with Gasteiger partial charge in [0, 0.05) is 50.7 Å². The van der Waals surface area contributed by atoms with Crippen molar-refractivity contribution in [3.63, 3.8) is 0 Å². The normalized spacial score (nSPS) is 20.7. The van der Waals surface area contributed by atoms with Crippen LogP contribution < -0.4 is 16.7 Å². The zero-order valence-electron chi connectivity index (χ0n) is 18.9. The van der Waals surface area contributed by atoms with Crippen LogP contribution in [0.2, 0.25) is 0 Å². The summed E-state index contributed by atoms with van der Waals surface area (Å²) >= 11 is 0. The molecular formula is C23H27N7O3. The van der Waals surface area contributed by atoms with Crippen molar-refractivity contribution in [1.82, 2.24) is 29.3 Å². The highest BCUT2D eigenvalue weighted by Crippen LogP contribution is 2.30. The molecule has 0 spiro atoms. The summed E-state index contributed by atoms with van der Waals surface area (Å²) in [7, 11) is 1.77. The first-order chi connectivity index (χ1) is 15.8. The summed E-state index contributed by atoms with van der Waals surface area (Å²) in [5.74, 6) is 0.895. The number of nitrogens with zero attached hydrogens (tertiary/aromatic N) is 5. The Hall–Kier alpha value is -3.34. The highest BCUT2D eigenvalue weighted by atomic mass is 16.5. The van der Waals surface area contributed by atoms with Crippen LogP contribution in [0.1, 0.15) is 44.6 Å². The Balaban J connectivity index is 1.40. The molecule has 0 bridgehead atoms. The van der Waals surface area contributed by atoms with Gasteiger partial charge >= 0.3 is 11.7 Å². The van der Waals surface area contributed by atoms with Gasteiger partial charge in [-0.25, -0.2) is 19.6 Å². The van der Waals surface area contributed by atoms with Crippen LogP contribution in [-0.2, 0) is 24.9 Å². The average molecular weight is 450 g/mol. The van der Waals surface area contributed by atoms with Crippen LogP contribution in [0, 0.1) is 13.8 Å². The maximum atomic E-state index is 12.8. The number of nitrogens with two attached hydrogens (primary N) is 1. The van der Waals surface area contributed by atoms with Gasteiger partial charge in [-0.15, -0.1) is 0 Å². The van der Waals surface area contributed by atoms with Gasteiger partial charge < -0.3 is 10.5 Å². The van der Waals surface area contributed by atoms with Crippen LogP contribution in [-0.4, -0.2) is 49.2 Å². The second-order valence-electron chi connectivity index (χ2n) is 8.70. The summed E-state index contributed by atoms with van der Waals surface area (Å²) in [6.45, 7) is 6.07. The fraction of sp³-hybridized carbons (Fsp3) is 0.391. The molecule has 5 rings (SSSR count). The lowest BCUT2D eigenvalue weighted by atomic mass is 9.93. The van der Waals surface area contributed by atoms with E-state index in [9.17, 15) is 9.59 Å². The molecule has 172 valence electrons. The van der Waals surface area contributed by atoms with Gasteiger partial charge in [-0.3, -0.25) is 19.4 Å². The molecule has 1 saturated heterocycles. The molecular weight excluding hydrogens is 422 g/mol. The number of piperazine rings is 1. The predicted molar refractivity (Wildman–Crippen MR) is 121 cm³/mol. The second-order valence-corrected chi connectivity index (χ2v) is 8.70. The summed E-state index contributed by atoms with van der Waals surface area (Å²) in [5, 5.41) is 3.47. The van der Waals surface area contributed by atoms with E-state index in [0.29, 0.717) is 43.4 Å². The number of hydrogen-bond acceptors (Lipinski definition) is 8. The van der Waals surface area contributed by atoms with Crippen molar-refractivity contribution in [2.24, 2.45) is 12.8 Å². The molecule has 33 heavy (non-hydrogen) atoms. The van der Waals surface area contributed by atoms with E-state index in [0.717, 1.165) is 22.4 Å². The smallest absolute Gasteiger partial charge is 0.338 e. The molecule has 2 aromatic heterocycles. The number of aryl methyl sites for hydroxylation is 1. The second kappa shape index (κ2) is 8.22. The Kier molecular flexibility index (Phi) is 5.35. The van der Waals surface area contributed by atoms with Crippen molar-refractivity contribution in [2.75, 3.05) is 13.1 Å². The lowest BCUT2D eigenvalue weighted by Gasteiger charge is -2.38. The predicted octanol–water partition coefficient (Wildman–Crippen LogP) is 0.685. The quantitative estimate of drug-likeness (QED) is 0.558. The average Bonchev–Trinajstić information content (AvgIpc) is 3.29. The van der Waals surface area contributed by atoms with E-state index in [-0.39, 0.29) is 23.9 Å². The van der Waals surface area contributed by atoms with Crippen molar-refractivity contribution >= 4 is 5.97 Å². The lowest BCUT2D eigenvalue weighted by Crippen LogP contribution is -2.56. The Morgan fingerprint density at radius 3 is 2.82 bits per heavy atom. The maximum Gasteiger partial charge on any atom is 0.338 e. The van der Waals surface area contributed by atoms with Gasteiger partial charge in [0.25, 0.3) is 0 Å². The first kappa shape index (κ1) is 21.5. The van der Waals surface area contributed by atoms with Gasteiger partial charge in [0.05, 0.1) is 17.4 Å². The van der Waals surface area contributed by atoms with E-state index in [4.69, 9.17) is 10.5 Å². The molecule has 2 aliphatic heterocycles. The minimum absolute atomic E-state index is 0.00150. The summed E-state index contributed by atoms with van der Waals surface area (Å²) in [5.41, 5.74) is 10.8. The van der Waals surface area contributed by atoms with E-state index in [1.165, 1.54) is 0 Å². The fourth-order valence-electron chi connectivity index (χ4n) is 4.73. The van der Waals surface area contributed by atoms with Crippen LogP contribution in [0.25, 0.3) is 5.82 Å². The summed E-state index contributed by atoms with van der Waals surface area (Å²) in [6, 6.07) is 5.55. The maximum absolute atomic E-state index is 12.8. The molecule has 0 saturated carbocycles. The number of fused-ring (bicyclic) bond motifs is 1. The van der Waals surface area contributed by atoms with Crippen molar-refractivity contribution in [1.29, 1.82) is 0 Å². The Labute approximate surface area is 191 Å². The molecule has 0 unspecified atom stereocenters. The first-order valence-electron chi connectivity index (χ1n) is 10.9. The number of benzene rings is 1. The SMILES string of the molecule is Cc1nccc(-n2cc(CN3C[C@@H](c4ccc5c(c4C)COC5=O)N[C@@H](N)C3)n(C)c2=O)n1. The van der Waals surface area contributed by atoms with Gasteiger partial charge in [-0.05, 0) is 37.1 Å². The van der Waals surface area contributed by atoms with Crippen LogP contribution in [0.15, 0.2) is 35.4 Å². The van der Waals surface area contributed by atoms with Gasteiger partial charge in [0.2, 0.25) is 0 Å². The number of ether oxygens (including phenoxy) is 1. The Morgan fingerprint density at radius 1 is 1.21 bits per heavy atom. The van der Waals surface area contributed by atoms with E-state index >= 15 is 0 Å². The Bertz CT molecular complexity index is 1300. The molecule has 1 aromatic carbocycles. The number of carbonyl (C=O) groups is 1. The number of imidazole rings is 1. The Morgan fingerprint density at radius 2 is 2.03 bits per heavy atom. The molecule has 4 heterocycles. The molecule has 1 fully saturated rings. The molecule has 0 amide bonds. The van der Waals surface area contributed by atoms with Crippen LogP contribution in [0.4, 0.5) is 0 Å². The number of aromatic nitrogens is 4. The number of esters is 1. The van der Waals surface area contributed by atoms with Gasteiger partial charge in [0.15, 0.2) is 0 Å². The monoisotopic (exact) mass is 449 g/mol. The standard InChI is InChI=1S/C23H27N7O3/c1-13-16(4-5-17-18(13)12-33-22(17)31)19-10-29(11-20(24)27-19)8-15-9-30(23(32)28(15)3)21-6-7-25-14(2)26-21/h4-7,9,19-20,27H,8,10-12,24H2,1-3H3/t19-,20+/m0/s1. The lowest BCUT2D eigenvalue weighted by molar-refractivity contribution is 0.0535. The molecule has 10 nitrogen and oxygen atoms in total. The third-order valence-electron chi connectivity index (χ3n) is 6.49. The molecule has 3 N–H and O–H groups in total. The first-order valence-corrected chi connectivity index (χ1v) is 10.9. The third-order valence-corrected chi connectivity index (χ3v) is 6.49. The van der Waals surface area contributed by atoms with Gasteiger partial charge in [-0.1, -0.05) is 6.07 Å². The van der Waals surface area contributed by atoms with Crippen molar-refractivity contribution in [3.05, 3.63) is 74.8 Å². The zero-order valence-corrected chi connectivity index (χ0v) is 18.9. The summed E-state index contributed by atoms with van der Waals surface area (Å²) in [6.07, 6.45) is 3.25. The minimum atomic E-state index is -0.265. The molecule has 2 atom stereocenters. The largest absolute Gasteiger partial charge is 0.457 e. The van der Waals surface area contributed by atoms with E-state index in [1.54, 1.807) is 35.4 Å². The number of hydrogen-bond donors (Lipinski definition) is 2. The highest BCUT2D eigenvalue weighted by molar-refractivity contribution is 5.94. The topological polar surface area (TPSA) is 120 Å². The van der Waals surface area contributed by atoms with E-state index in [2.05, 4.69) is 20.2 Å². The van der Waals surface area contributed by atoms with Crippen LogP contribution in [0.3, 0.4) is 0 Å². The number of rotatable bonds is 4. The third kappa shape index (κ3) is 3.86. The van der Waals surface area contributed by atoms with Gasteiger partial charge in [-0.2, -0.15) is 0 Å². The number of nitrogens with one attached hydrogen (secondary N) is 1. The van der Waals surface area contributed by atoms with E-state index in [1.807, 2.05) is 25.3 Å². The number of carbonyl (C=O) groups excluding carboxylic acids is 1. The van der Waals surface area contributed by atoms with Crippen LogP contribution in [0.5, 0.6) is 0 Å². The van der Waals surface area contributed by atoms with Crippen molar-refractivity contribution in [2.45, 2.75) is 39.2 Å². The molecule has 10 heteroatoms. The fourth-order valence-corrected chi connectivity index (χ4v) is 4.73.